The molecule has 0 fully saturated rings. The van der Waals surface area contributed by atoms with Crippen LogP contribution in [0.15, 0.2) is 41.8 Å². The molecule has 2 N–H and O–H groups in total. The highest BCUT2D eigenvalue weighted by molar-refractivity contribution is 7.09. The van der Waals surface area contributed by atoms with Crippen molar-refractivity contribution >= 4 is 17.4 Å². The van der Waals surface area contributed by atoms with Crippen LogP contribution in [0.4, 0.5) is 18.0 Å². The van der Waals surface area contributed by atoms with Crippen LogP contribution < -0.4 is 10.6 Å². The summed E-state index contributed by atoms with van der Waals surface area (Å²) in [6.45, 7) is 0.531. The van der Waals surface area contributed by atoms with Gasteiger partial charge in [0.1, 0.15) is 0 Å². The van der Waals surface area contributed by atoms with Gasteiger partial charge in [-0.25, -0.2) is 4.79 Å². The quantitative estimate of drug-likeness (QED) is 0.861. The first-order valence-electron chi connectivity index (χ1n) is 6.65. The Kier molecular flexibility index (Phi) is 5.43. The highest BCUT2D eigenvalue weighted by Crippen LogP contribution is 2.29. The number of halogens is 3. The lowest BCUT2D eigenvalue weighted by Crippen LogP contribution is -2.36. The molecule has 0 saturated heterocycles. The third-order valence-electron chi connectivity index (χ3n) is 2.94. The van der Waals surface area contributed by atoms with Gasteiger partial charge in [0.2, 0.25) is 0 Å². The van der Waals surface area contributed by atoms with E-state index in [1.165, 1.54) is 6.07 Å². The molecule has 0 radical (unpaired) electrons. The van der Waals surface area contributed by atoms with Crippen molar-refractivity contribution in [1.82, 2.24) is 10.6 Å². The average Bonchev–Trinajstić information content (AvgIpc) is 2.98. The monoisotopic (exact) mass is 328 g/mol. The molecule has 7 heteroatoms. The fourth-order valence-electron chi connectivity index (χ4n) is 1.86. The number of carbonyl (C=O) groups excluding carboxylic acids is 1. The van der Waals surface area contributed by atoms with Gasteiger partial charge in [-0.3, -0.25) is 0 Å². The van der Waals surface area contributed by atoms with Crippen LogP contribution in [0.2, 0.25) is 0 Å². The maximum Gasteiger partial charge on any atom is 0.416 e. The van der Waals surface area contributed by atoms with Gasteiger partial charge in [-0.2, -0.15) is 13.2 Å². The number of nitrogens with one attached hydrogen (secondary N) is 2. The van der Waals surface area contributed by atoms with Gasteiger partial charge >= 0.3 is 12.2 Å². The predicted octanol–water partition coefficient (Wildman–Crippen LogP) is 3.81. The first-order chi connectivity index (χ1) is 10.4. The van der Waals surface area contributed by atoms with Crippen molar-refractivity contribution in [2.24, 2.45) is 0 Å². The van der Waals surface area contributed by atoms with E-state index in [1.54, 1.807) is 17.4 Å². The minimum absolute atomic E-state index is 0.0504. The third-order valence-corrected chi connectivity index (χ3v) is 3.88. The molecule has 2 aromatic rings. The largest absolute Gasteiger partial charge is 0.416 e. The van der Waals surface area contributed by atoms with Gasteiger partial charge in [0.15, 0.2) is 0 Å². The molecule has 118 valence electrons. The van der Waals surface area contributed by atoms with E-state index >= 15 is 0 Å². The van der Waals surface area contributed by atoms with E-state index in [0.29, 0.717) is 12.1 Å². The number of benzene rings is 1. The molecule has 0 aliphatic heterocycles. The van der Waals surface area contributed by atoms with Gasteiger partial charge < -0.3 is 10.6 Å². The summed E-state index contributed by atoms with van der Waals surface area (Å²) in [7, 11) is 0. The second-order valence-corrected chi connectivity index (χ2v) is 5.67. The Morgan fingerprint density at radius 2 is 1.95 bits per heavy atom. The number of alkyl halides is 3. The second kappa shape index (κ2) is 7.31. The van der Waals surface area contributed by atoms with Crippen LogP contribution in [0.1, 0.15) is 16.0 Å². The molecular formula is C15H15F3N2OS. The first kappa shape index (κ1) is 16.4. The first-order valence-corrected chi connectivity index (χ1v) is 7.53. The zero-order valence-corrected chi connectivity index (χ0v) is 12.4. The number of hydrogen-bond donors (Lipinski definition) is 2. The highest BCUT2D eigenvalue weighted by Gasteiger charge is 2.30. The molecule has 0 atom stereocenters. The van der Waals surface area contributed by atoms with E-state index in [1.807, 2.05) is 17.5 Å². The number of thiophene rings is 1. The van der Waals surface area contributed by atoms with Crippen molar-refractivity contribution in [3.8, 4) is 0 Å². The molecule has 0 bridgehead atoms. The molecule has 22 heavy (non-hydrogen) atoms. The van der Waals surface area contributed by atoms with Crippen LogP contribution in [0.5, 0.6) is 0 Å². The molecular weight excluding hydrogens is 313 g/mol. The fraction of sp³-hybridized carbons (Fsp3) is 0.267. The van der Waals surface area contributed by atoms with Crippen molar-refractivity contribution in [3.63, 3.8) is 0 Å². The van der Waals surface area contributed by atoms with Crippen molar-refractivity contribution < 1.29 is 18.0 Å². The Hall–Kier alpha value is -2.02. The van der Waals surface area contributed by atoms with E-state index < -0.39 is 17.8 Å². The standard InChI is InChI=1S/C15H15F3N2OS/c16-15(17,18)12-4-1-3-11(9-12)10-20-14(21)19-7-6-13-5-2-8-22-13/h1-5,8-9H,6-7,10H2,(H2,19,20,21). The van der Waals surface area contributed by atoms with E-state index in [2.05, 4.69) is 10.6 Å². The Morgan fingerprint density at radius 1 is 1.14 bits per heavy atom. The van der Waals surface area contributed by atoms with Gasteiger partial charge in [0.05, 0.1) is 5.56 Å². The molecule has 0 aliphatic carbocycles. The maximum absolute atomic E-state index is 12.6. The molecule has 1 aromatic heterocycles. The van der Waals surface area contributed by atoms with E-state index in [9.17, 15) is 18.0 Å². The van der Waals surface area contributed by atoms with Crippen molar-refractivity contribution in [2.75, 3.05) is 6.54 Å². The van der Waals surface area contributed by atoms with Crippen LogP contribution in [-0.4, -0.2) is 12.6 Å². The second-order valence-electron chi connectivity index (χ2n) is 4.64. The maximum atomic E-state index is 12.6. The Morgan fingerprint density at radius 3 is 2.64 bits per heavy atom. The molecule has 1 aromatic carbocycles. The number of urea groups is 1. The van der Waals surface area contributed by atoms with Crippen LogP contribution in [0, 0.1) is 0 Å². The predicted molar refractivity (Wildman–Crippen MR) is 79.7 cm³/mol. The minimum atomic E-state index is -4.38. The number of rotatable bonds is 5. The summed E-state index contributed by atoms with van der Waals surface area (Å²) in [6.07, 6.45) is -3.65. The normalized spacial score (nSPS) is 11.2. The average molecular weight is 328 g/mol. The molecule has 0 saturated carbocycles. The molecule has 0 aliphatic rings. The van der Waals surface area contributed by atoms with Gasteiger partial charge in [-0.05, 0) is 35.6 Å². The Bertz CT molecular complexity index is 612. The lowest BCUT2D eigenvalue weighted by Gasteiger charge is -2.10. The van der Waals surface area contributed by atoms with Crippen LogP contribution >= 0.6 is 11.3 Å². The van der Waals surface area contributed by atoms with Crippen LogP contribution in [0.25, 0.3) is 0 Å². The molecule has 3 nitrogen and oxygen atoms in total. The summed E-state index contributed by atoms with van der Waals surface area (Å²) in [5.41, 5.74) is -0.312. The smallest absolute Gasteiger partial charge is 0.338 e. The van der Waals surface area contributed by atoms with Crippen molar-refractivity contribution in [2.45, 2.75) is 19.1 Å². The molecule has 2 rings (SSSR count). The van der Waals surface area contributed by atoms with Gasteiger partial charge in [-0.15, -0.1) is 11.3 Å². The zero-order valence-electron chi connectivity index (χ0n) is 11.6. The molecule has 0 spiro atoms. The van der Waals surface area contributed by atoms with Gasteiger partial charge in [0.25, 0.3) is 0 Å². The summed E-state index contributed by atoms with van der Waals surface area (Å²) in [6, 6.07) is 8.43. The van der Waals surface area contributed by atoms with E-state index in [0.717, 1.165) is 23.4 Å². The van der Waals surface area contributed by atoms with Crippen LogP contribution in [0.3, 0.4) is 0 Å². The number of hydrogen-bond acceptors (Lipinski definition) is 2. The lowest BCUT2D eigenvalue weighted by molar-refractivity contribution is -0.137. The Labute approximate surface area is 130 Å². The van der Waals surface area contributed by atoms with E-state index in [4.69, 9.17) is 0 Å². The topological polar surface area (TPSA) is 41.1 Å². The Balaban J connectivity index is 1.76. The molecule has 0 unspecified atom stereocenters. The number of amides is 2. The SMILES string of the molecule is O=C(NCCc1cccs1)NCc1cccc(C(F)(F)F)c1. The van der Waals surface area contributed by atoms with Crippen molar-refractivity contribution in [1.29, 1.82) is 0 Å². The highest BCUT2D eigenvalue weighted by atomic mass is 32.1. The van der Waals surface area contributed by atoms with Crippen molar-refractivity contribution in [3.05, 3.63) is 57.8 Å². The number of carbonyl (C=O) groups is 1. The van der Waals surface area contributed by atoms with Gasteiger partial charge in [-0.1, -0.05) is 18.2 Å². The summed E-state index contributed by atoms with van der Waals surface area (Å²) < 4.78 is 37.7. The summed E-state index contributed by atoms with van der Waals surface area (Å²) in [5.74, 6) is 0. The summed E-state index contributed by atoms with van der Waals surface area (Å²) in [4.78, 5) is 12.8. The fourth-order valence-corrected chi connectivity index (χ4v) is 2.57. The van der Waals surface area contributed by atoms with Gasteiger partial charge in [0, 0.05) is 18.0 Å². The lowest BCUT2D eigenvalue weighted by atomic mass is 10.1. The minimum Gasteiger partial charge on any atom is -0.338 e. The summed E-state index contributed by atoms with van der Waals surface area (Å²) >= 11 is 1.61. The van der Waals surface area contributed by atoms with E-state index in [-0.39, 0.29) is 6.54 Å². The molecule has 2 amide bonds. The van der Waals surface area contributed by atoms with Crippen LogP contribution in [-0.2, 0) is 19.1 Å². The molecule has 1 heterocycles. The third kappa shape index (κ3) is 5.07. The zero-order chi connectivity index (χ0) is 16.0. The summed E-state index contributed by atoms with van der Waals surface area (Å²) in [5, 5.41) is 7.18.